The Morgan fingerprint density at radius 2 is 1.18 bits per heavy atom. The van der Waals surface area contributed by atoms with Gasteiger partial charge in [-0.15, -0.1) is 0 Å². The number of hydrogen-bond donors (Lipinski definition) is 0. The highest BCUT2D eigenvalue weighted by atomic mass is 19.4. The molecule has 0 amide bonds. The fourth-order valence-corrected chi connectivity index (χ4v) is 4.94. The van der Waals surface area contributed by atoms with Crippen molar-refractivity contribution in [2.45, 2.75) is 64.5 Å². The molecule has 0 N–H and O–H groups in total. The van der Waals surface area contributed by atoms with Gasteiger partial charge >= 0.3 is 6.18 Å². The average molecular weight is 565 g/mol. The minimum Gasteiger partial charge on any atom is -0.207 e. The number of alkyl halides is 3. The molecule has 0 heterocycles. The summed E-state index contributed by atoms with van der Waals surface area (Å²) in [6, 6.07) is 12.1. The van der Waals surface area contributed by atoms with Gasteiger partial charge in [0.1, 0.15) is 34.6 Å². The molecule has 8 heteroatoms. The van der Waals surface area contributed by atoms with Gasteiger partial charge in [0.2, 0.25) is 0 Å². The molecule has 0 bridgehead atoms. The lowest BCUT2D eigenvalue weighted by Gasteiger charge is -2.12. The molecular formula is C32H28F8. The Morgan fingerprint density at radius 1 is 0.575 bits per heavy atom. The van der Waals surface area contributed by atoms with Crippen molar-refractivity contribution < 1.29 is 35.1 Å². The summed E-state index contributed by atoms with van der Waals surface area (Å²) in [7, 11) is 0. The lowest BCUT2D eigenvalue weighted by atomic mass is 9.96. The van der Waals surface area contributed by atoms with E-state index in [2.05, 4.69) is 6.92 Å². The van der Waals surface area contributed by atoms with E-state index in [-0.39, 0.29) is 36.0 Å². The van der Waals surface area contributed by atoms with Crippen molar-refractivity contribution in [1.29, 1.82) is 0 Å². The van der Waals surface area contributed by atoms with Crippen LogP contribution in [0.1, 0.15) is 59.6 Å². The second-order valence-electron chi connectivity index (χ2n) is 10.0. The molecule has 4 aromatic carbocycles. The number of fused-ring (bicyclic) bond motifs is 1. The molecule has 4 rings (SSSR count). The molecule has 0 aromatic heterocycles. The zero-order valence-corrected chi connectivity index (χ0v) is 21.9. The van der Waals surface area contributed by atoms with Crippen molar-refractivity contribution in [3.05, 3.63) is 117 Å². The van der Waals surface area contributed by atoms with E-state index >= 15 is 4.39 Å². The second kappa shape index (κ2) is 12.4. The molecule has 0 atom stereocenters. The van der Waals surface area contributed by atoms with Gasteiger partial charge in [-0.2, -0.15) is 13.2 Å². The predicted molar refractivity (Wildman–Crippen MR) is 140 cm³/mol. The second-order valence-corrected chi connectivity index (χ2v) is 10.0. The summed E-state index contributed by atoms with van der Waals surface area (Å²) in [6.45, 7) is 2.06. The summed E-state index contributed by atoms with van der Waals surface area (Å²) >= 11 is 0. The van der Waals surface area contributed by atoms with Crippen LogP contribution in [0.4, 0.5) is 35.1 Å². The molecule has 0 saturated heterocycles. The maximum atomic E-state index is 15.2. The normalized spacial score (nSPS) is 11.9. The van der Waals surface area contributed by atoms with Gasteiger partial charge in [-0.25, -0.2) is 22.0 Å². The van der Waals surface area contributed by atoms with Crippen molar-refractivity contribution in [3.8, 4) is 0 Å². The lowest BCUT2D eigenvalue weighted by Crippen LogP contribution is -2.12. The van der Waals surface area contributed by atoms with Gasteiger partial charge in [-0.3, -0.25) is 0 Å². The van der Waals surface area contributed by atoms with Crippen LogP contribution < -0.4 is 0 Å². The molecule has 212 valence electrons. The molecule has 40 heavy (non-hydrogen) atoms. The molecule has 0 aliphatic rings. The van der Waals surface area contributed by atoms with Crippen LogP contribution in [0.25, 0.3) is 10.8 Å². The van der Waals surface area contributed by atoms with E-state index in [1.54, 1.807) is 24.3 Å². The maximum Gasteiger partial charge on any atom is 0.422 e. The van der Waals surface area contributed by atoms with Gasteiger partial charge in [0, 0.05) is 10.9 Å². The van der Waals surface area contributed by atoms with Crippen LogP contribution in [0.2, 0.25) is 0 Å². The standard InChI is InChI=1S/C32H28F8/c1-2-3-4-5-20-15-26(33)25(27(34)16-20)13-8-19-7-12-24-23(14-19)11-10-22(31(24)37)9-6-21-17-28(35)30(29(36)18-21)32(38,39)40/h7,10-12,14-18H,2-6,8-9,13H2,1H3. The number of aryl methyl sites for hydroxylation is 4. The maximum absolute atomic E-state index is 15.2. The Morgan fingerprint density at radius 3 is 1.80 bits per heavy atom. The van der Waals surface area contributed by atoms with E-state index in [4.69, 9.17) is 0 Å². The van der Waals surface area contributed by atoms with Crippen LogP contribution in [-0.4, -0.2) is 0 Å². The van der Waals surface area contributed by atoms with Gasteiger partial charge in [-0.1, -0.05) is 50.1 Å². The summed E-state index contributed by atoms with van der Waals surface area (Å²) in [6.07, 6.45) is -1.22. The van der Waals surface area contributed by atoms with E-state index in [0.29, 0.717) is 41.3 Å². The van der Waals surface area contributed by atoms with Crippen LogP contribution in [0, 0.1) is 29.1 Å². The highest BCUT2D eigenvalue weighted by molar-refractivity contribution is 5.84. The first-order valence-electron chi connectivity index (χ1n) is 13.2. The first-order chi connectivity index (χ1) is 19.0. The molecule has 0 saturated carbocycles. The van der Waals surface area contributed by atoms with Crippen molar-refractivity contribution in [2.24, 2.45) is 0 Å². The molecule has 0 radical (unpaired) electrons. The minimum atomic E-state index is -5.16. The van der Waals surface area contributed by atoms with Crippen molar-refractivity contribution >= 4 is 10.8 Å². The molecule has 0 nitrogen and oxygen atoms in total. The first kappa shape index (κ1) is 29.6. The third kappa shape index (κ3) is 6.83. The number of halogens is 8. The Kier molecular flexibility index (Phi) is 9.16. The van der Waals surface area contributed by atoms with Crippen molar-refractivity contribution in [3.63, 3.8) is 0 Å². The topological polar surface area (TPSA) is 0 Å². The zero-order valence-electron chi connectivity index (χ0n) is 21.9. The first-order valence-corrected chi connectivity index (χ1v) is 13.2. The largest absolute Gasteiger partial charge is 0.422 e. The van der Waals surface area contributed by atoms with Gasteiger partial charge in [-0.05, 0) is 90.4 Å². The van der Waals surface area contributed by atoms with E-state index in [9.17, 15) is 30.7 Å². The number of rotatable bonds is 10. The number of hydrogen-bond acceptors (Lipinski definition) is 0. The summed E-state index contributed by atoms with van der Waals surface area (Å²) < 4.78 is 111. The third-order valence-electron chi connectivity index (χ3n) is 7.10. The molecule has 4 aromatic rings. The molecule has 0 aliphatic heterocycles. The lowest BCUT2D eigenvalue weighted by molar-refractivity contribution is -0.142. The highest BCUT2D eigenvalue weighted by Crippen LogP contribution is 2.34. The summed E-state index contributed by atoms with van der Waals surface area (Å²) in [4.78, 5) is 0. The fourth-order valence-electron chi connectivity index (χ4n) is 4.94. The molecular weight excluding hydrogens is 536 g/mol. The smallest absolute Gasteiger partial charge is 0.207 e. The molecule has 0 aliphatic carbocycles. The van der Waals surface area contributed by atoms with E-state index in [1.807, 2.05) is 0 Å². The van der Waals surface area contributed by atoms with Gasteiger partial charge < -0.3 is 0 Å². The Hall–Kier alpha value is -3.42. The minimum absolute atomic E-state index is 0.0111. The Labute approximate surface area is 227 Å². The van der Waals surface area contributed by atoms with E-state index in [1.165, 1.54) is 18.2 Å². The summed E-state index contributed by atoms with van der Waals surface area (Å²) in [5, 5.41) is 0.859. The van der Waals surface area contributed by atoms with Gasteiger partial charge in [0.15, 0.2) is 0 Å². The number of benzene rings is 4. The van der Waals surface area contributed by atoms with Crippen LogP contribution in [0.3, 0.4) is 0 Å². The van der Waals surface area contributed by atoms with Crippen molar-refractivity contribution in [1.82, 2.24) is 0 Å². The summed E-state index contributed by atoms with van der Waals surface area (Å²) in [5.74, 6) is -5.12. The quantitative estimate of drug-likeness (QED) is 0.133. The van der Waals surface area contributed by atoms with Crippen LogP contribution >= 0.6 is 0 Å². The summed E-state index contributed by atoms with van der Waals surface area (Å²) in [5.41, 5.74) is -0.319. The van der Waals surface area contributed by atoms with E-state index in [0.717, 1.165) is 24.8 Å². The SMILES string of the molecule is CCCCCc1cc(F)c(CCc2ccc3c(F)c(CCc4cc(F)c(C(F)(F)F)c(F)c4)ccc3c2)c(F)c1. The third-order valence-corrected chi connectivity index (χ3v) is 7.10. The number of unbranched alkanes of at least 4 members (excludes halogenated alkanes) is 2. The monoisotopic (exact) mass is 564 g/mol. The molecule has 0 unspecified atom stereocenters. The van der Waals surface area contributed by atoms with Crippen LogP contribution in [0.15, 0.2) is 54.6 Å². The zero-order chi connectivity index (χ0) is 29.0. The fraction of sp³-hybridized carbons (Fsp3) is 0.312. The van der Waals surface area contributed by atoms with Gasteiger partial charge in [0.25, 0.3) is 0 Å². The Balaban J connectivity index is 1.45. The average Bonchev–Trinajstić information content (AvgIpc) is 2.87. The van der Waals surface area contributed by atoms with Crippen LogP contribution in [-0.2, 0) is 38.3 Å². The predicted octanol–water partition coefficient (Wildman–Crippen LogP) is 9.86. The Bertz CT molecular complexity index is 1460. The van der Waals surface area contributed by atoms with E-state index < -0.39 is 40.8 Å². The highest BCUT2D eigenvalue weighted by Gasteiger charge is 2.37. The molecule has 0 spiro atoms. The van der Waals surface area contributed by atoms with Gasteiger partial charge in [0.05, 0.1) is 0 Å². The molecule has 0 fully saturated rings. The van der Waals surface area contributed by atoms with Crippen molar-refractivity contribution in [2.75, 3.05) is 0 Å². The van der Waals surface area contributed by atoms with Crippen LogP contribution in [0.5, 0.6) is 0 Å².